The first-order valence-corrected chi connectivity index (χ1v) is 7.91. The summed E-state index contributed by atoms with van der Waals surface area (Å²) < 4.78 is 1.11. The molecule has 0 amide bonds. The van der Waals surface area contributed by atoms with Gasteiger partial charge in [-0.25, -0.2) is 4.98 Å². The second-order valence-electron chi connectivity index (χ2n) is 5.45. The second-order valence-corrected chi connectivity index (χ2v) is 6.31. The van der Waals surface area contributed by atoms with Crippen LogP contribution in [0.3, 0.4) is 0 Å². The van der Waals surface area contributed by atoms with Crippen LogP contribution in [0.25, 0.3) is 10.8 Å². The standard InChI is InChI=1S/C16H22BrN3/c1-12(2)11-20(10-4-8-18)16-14-5-3-6-15(17)13(14)7-9-19-16/h3,5-7,9,12H,4,8,10-11,18H2,1-2H3. The number of pyridine rings is 1. The van der Waals surface area contributed by atoms with Crippen LogP contribution in [0, 0.1) is 5.92 Å². The van der Waals surface area contributed by atoms with Crippen molar-refractivity contribution < 1.29 is 0 Å². The lowest BCUT2D eigenvalue weighted by Gasteiger charge is -2.26. The van der Waals surface area contributed by atoms with Crippen molar-refractivity contribution in [3.63, 3.8) is 0 Å². The monoisotopic (exact) mass is 335 g/mol. The summed E-state index contributed by atoms with van der Waals surface area (Å²) in [5, 5.41) is 2.40. The van der Waals surface area contributed by atoms with Crippen LogP contribution in [-0.4, -0.2) is 24.6 Å². The van der Waals surface area contributed by atoms with E-state index >= 15 is 0 Å². The van der Waals surface area contributed by atoms with Gasteiger partial charge in [-0.3, -0.25) is 0 Å². The van der Waals surface area contributed by atoms with Gasteiger partial charge in [-0.1, -0.05) is 41.9 Å². The lowest BCUT2D eigenvalue weighted by Crippen LogP contribution is -2.30. The predicted octanol–water partition coefficient (Wildman–Crippen LogP) is 3.81. The van der Waals surface area contributed by atoms with Gasteiger partial charge in [-0.2, -0.15) is 0 Å². The summed E-state index contributed by atoms with van der Waals surface area (Å²) in [5.41, 5.74) is 5.67. The van der Waals surface area contributed by atoms with E-state index in [9.17, 15) is 0 Å². The largest absolute Gasteiger partial charge is 0.356 e. The number of halogens is 1. The lowest BCUT2D eigenvalue weighted by molar-refractivity contribution is 0.598. The molecule has 4 heteroatoms. The van der Waals surface area contributed by atoms with Gasteiger partial charge in [0.1, 0.15) is 5.82 Å². The zero-order chi connectivity index (χ0) is 14.5. The van der Waals surface area contributed by atoms with Crippen LogP contribution in [0.1, 0.15) is 20.3 Å². The van der Waals surface area contributed by atoms with Gasteiger partial charge in [0.05, 0.1) is 0 Å². The highest BCUT2D eigenvalue weighted by Crippen LogP contribution is 2.30. The molecule has 2 N–H and O–H groups in total. The number of aromatic nitrogens is 1. The van der Waals surface area contributed by atoms with Crippen molar-refractivity contribution in [3.8, 4) is 0 Å². The fourth-order valence-electron chi connectivity index (χ4n) is 2.41. The molecule has 1 heterocycles. The molecule has 20 heavy (non-hydrogen) atoms. The molecule has 0 aliphatic rings. The van der Waals surface area contributed by atoms with E-state index in [0.29, 0.717) is 12.5 Å². The van der Waals surface area contributed by atoms with Crippen molar-refractivity contribution in [1.82, 2.24) is 4.98 Å². The summed E-state index contributed by atoms with van der Waals surface area (Å²) in [6.07, 6.45) is 2.87. The van der Waals surface area contributed by atoms with Crippen LogP contribution in [0.2, 0.25) is 0 Å². The molecule has 0 saturated carbocycles. The van der Waals surface area contributed by atoms with Crippen LogP contribution >= 0.6 is 15.9 Å². The maximum absolute atomic E-state index is 5.67. The Bertz CT molecular complexity index is 569. The number of hydrogen-bond acceptors (Lipinski definition) is 3. The normalized spacial score (nSPS) is 11.2. The molecule has 0 bridgehead atoms. The first-order valence-electron chi connectivity index (χ1n) is 7.11. The third-order valence-corrected chi connectivity index (χ3v) is 3.94. The van der Waals surface area contributed by atoms with Crippen LogP contribution in [-0.2, 0) is 0 Å². The maximum atomic E-state index is 5.67. The van der Waals surface area contributed by atoms with E-state index in [1.807, 2.05) is 6.20 Å². The Labute approximate surface area is 129 Å². The van der Waals surface area contributed by atoms with Crippen LogP contribution < -0.4 is 10.6 Å². The molecule has 0 aliphatic carbocycles. The van der Waals surface area contributed by atoms with Crippen molar-refractivity contribution >= 4 is 32.5 Å². The first kappa shape index (κ1) is 15.3. The maximum Gasteiger partial charge on any atom is 0.136 e. The summed E-state index contributed by atoms with van der Waals surface area (Å²) in [6.45, 7) is 7.13. The Morgan fingerprint density at radius 3 is 2.75 bits per heavy atom. The van der Waals surface area contributed by atoms with E-state index in [1.54, 1.807) is 0 Å². The van der Waals surface area contributed by atoms with Crippen LogP contribution in [0.5, 0.6) is 0 Å². The number of benzene rings is 1. The van der Waals surface area contributed by atoms with Gasteiger partial charge >= 0.3 is 0 Å². The van der Waals surface area contributed by atoms with E-state index in [-0.39, 0.29) is 0 Å². The highest BCUT2D eigenvalue weighted by atomic mass is 79.9. The van der Waals surface area contributed by atoms with Gasteiger partial charge in [0.15, 0.2) is 0 Å². The average Bonchev–Trinajstić information content (AvgIpc) is 2.43. The number of anilines is 1. The van der Waals surface area contributed by atoms with E-state index in [0.717, 1.165) is 29.8 Å². The fourth-order valence-corrected chi connectivity index (χ4v) is 2.91. The molecule has 2 aromatic rings. The third kappa shape index (κ3) is 3.49. The molecule has 0 spiro atoms. The highest BCUT2D eigenvalue weighted by Gasteiger charge is 2.13. The number of nitrogens with zero attached hydrogens (tertiary/aromatic N) is 2. The van der Waals surface area contributed by atoms with E-state index in [4.69, 9.17) is 5.73 Å². The quantitative estimate of drug-likeness (QED) is 0.872. The molecule has 0 radical (unpaired) electrons. The zero-order valence-electron chi connectivity index (χ0n) is 12.1. The van der Waals surface area contributed by atoms with Gasteiger partial charge < -0.3 is 10.6 Å². The fraction of sp³-hybridized carbons (Fsp3) is 0.438. The molecule has 0 saturated heterocycles. The third-order valence-electron chi connectivity index (χ3n) is 3.25. The Morgan fingerprint density at radius 1 is 1.25 bits per heavy atom. The SMILES string of the molecule is CC(C)CN(CCCN)c1nccc2c(Br)cccc12. The summed E-state index contributed by atoms with van der Waals surface area (Å²) >= 11 is 3.62. The van der Waals surface area contributed by atoms with E-state index in [1.165, 1.54) is 10.8 Å². The summed E-state index contributed by atoms with van der Waals surface area (Å²) in [4.78, 5) is 6.97. The predicted molar refractivity (Wildman–Crippen MR) is 90.2 cm³/mol. The van der Waals surface area contributed by atoms with Crippen molar-refractivity contribution in [2.45, 2.75) is 20.3 Å². The Balaban J connectivity index is 2.44. The van der Waals surface area contributed by atoms with Gasteiger partial charge in [0.25, 0.3) is 0 Å². The molecule has 3 nitrogen and oxygen atoms in total. The number of fused-ring (bicyclic) bond motifs is 1. The Hall–Kier alpha value is -1.13. The Morgan fingerprint density at radius 2 is 2.05 bits per heavy atom. The summed E-state index contributed by atoms with van der Waals surface area (Å²) in [5.74, 6) is 1.66. The molecule has 108 valence electrons. The van der Waals surface area contributed by atoms with Gasteiger partial charge in [-0.05, 0) is 31.0 Å². The lowest BCUT2D eigenvalue weighted by atomic mass is 10.1. The van der Waals surface area contributed by atoms with Crippen LogP contribution in [0.15, 0.2) is 34.9 Å². The van der Waals surface area contributed by atoms with Crippen molar-refractivity contribution in [2.24, 2.45) is 11.7 Å². The minimum absolute atomic E-state index is 0.594. The first-order chi connectivity index (χ1) is 9.63. The molecule has 0 fully saturated rings. The minimum Gasteiger partial charge on any atom is -0.356 e. The molecule has 1 aromatic carbocycles. The zero-order valence-corrected chi connectivity index (χ0v) is 13.7. The molecule has 0 atom stereocenters. The smallest absolute Gasteiger partial charge is 0.136 e. The Kier molecular flexibility index (Phi) is 5.38. The van der Waals surface area contributed by atoms with Crippen molar-refractivity contribution in [1.29, 1.82) is 0 Å². The average molecular weight is 336 g/mol. The molecule has 2 rings (SSSR count). The summed E-state index contributed by atoms with van der Waals surface area (Å²) in [6, 6.07) is 8.32. The number of nitrogens with two attached hydrogens (primary N) is 1. The highest BCUT2D eigenvalue weighted by molar-refractivity contribution is 9.10. The molecular formula is C16H22BrN3. The minimum atomic E-state index is 0.594. The molecule has 1 aromatic heterocycles. The topological polar surface area (TPSA) is 42.1 Å². The summed E-state index contributed by atoms with van der Waals surface area (Å²) in [7, 11) is 0. The number of hydrogen-bond donors (Lipinski definition) is 1. The van der Waals surface area contributed by atoms with Crippen molar-refractivity contribution in [3.05, 3.63) is 34.9 Å². The van der Waals surface area contributed by atoms with E-state index in [2.05, 4.69) is 63.9 Å². The van der Waals surface area contributed by atoms with Gasteiger partial charge in [0.2, 0.25) is 0 Å². The number of rotatable bonds is 6. The second kappa shape index (κ2) is 7.04. The van der Waals surface area contributed by atoms with Gasteiger partial charge in [0, 0.05) is 34.5 Å². The molecular weight excluding hydrogens is 314 g/mol. The van der Waals surface area contributed by atoms with Crippen LogP contribution in [0.4, 0.5) is 5.82 Å². The van der Waals surface area contributed by atoms with Gasteiger partial charge in [-0.15, -0.1) is 0 Å². The van der Waals surface area contributed by atoms with Crippen molar-refractivity contribution in [2.75, 3.05) is 24.5 Å². The molecule has 0 unspecified atom stereocenters. The van der Waals surface area contributed by atoms with E-state index < -0.39 is 0 Å². The molecule has 0 aliphatic heterocycles.